The van der Waals surface area contributed by atoms with Gasteiger partial charge in [-0.15, -0.1) is 10.2 Å². The lowest BCUT2D eigenvalue weighted by molar-refractivity contribution is 0.280. The number of aryl methyl sites for hydroxylation is 1. The Morgan fingerprint density at radius 3 is 2.70 bits per heavy atom. The quantitative estimate of drug-likeness (QED) is 0.759. The number of rotatable bonds is 3. The molecule has 0 aliphatic heterocycles. The average Bonchev–Trinajstić information content (AvgIpc) is 2.98. The van der Waals surface area contributed by atoms with E-state index < -0.39 is 0 Å². The molecule has 3 aromatic rings. The maximum absolute atomic E-state index is 9.10. The minimum absolute atomic E-state index is 0.0911. The summed E-state index contributed by atoms with van der Waals surface area (Å²) in [6.45, 7) is 1.71. The Bertz CT molecular complexity index is 725. The number of benzene rings is 1. The second kappa shape index (κ2) is 5.14. The molecule has 2 aromatic heterocycles. The number of aliphatic hydroxyl groups excluding tert-OH is 1. The van der Waals surface area contributed by atoms with E-state index in [2.05, 4.69) is 25.4 Å². The lowest BCUT2D eigenvalue weighted by atomic mass is 10.2. The summed E-state index contributed by atoms with van der Waals surface area (Å²) in [5.41, 5.74) is 2.25. The summed E-state index contributed by atoms with van der Waals surface area (Å²) in [7, 11) is 0. The van der Waals surface area contributed by atoms with Crippen LogP contribution >= 0.6 is 0 Å². The van der Waals surface area contributed by atoms with Gasteiger partial charge in [0.2, 0.25) is 5.82 Å². The topological polar surface area (TPSA) is 89.6 Å². The highest BCUT2D eigenvalue weighted by Gasteiger charge is 2.10. The Labute approximate surface area is 114 Å². The van der Waals surface area contributed by atoms with Crippen molar-refractivity contribution in [2.24, 2.45) is 0 Å². The second-order valence-electron chi connectivity index (χ2n) is 4.21. The molecular weight excluding hydrogens is 256 g/mol. The van der Waals surface area contributed by atoms with Crippen LogP contribution in [0.3, 0.4) is 0 Å². The highest BCUT2D eigenvalue weighted by Crippen LogP contribution is 2.13. The van der Waals surface area contributed by atoms with Gasteiger partial charge in [0.25, 0.3) is 5.95 Å². The van der Waals surface area contributed by atoms with E-state index in [1.807, 2.05) is 30.3 Å². The molecule has 0 atom stereocenters. The summed E-state index contributed by atoms with van der Waals surface area (Å²) in [6, 6.07) is 9.55. The van der Waals surface area contributed by atoms with Crippen molar-refractivity contribution in [1.82, 2.24) is 30.2 Å². The molecule has 0 aliphatic rings. The largest absolute Gasteiger partial charge is 0.392 e. The summed E-state index contributed by atoms with van der Waals surface area (Å²) < 4.78 is 0. The van der Waals surface area contributed by atoms with Gasteiger partial charge in [0.05, 0.1) is 6.61 Å². The fourth-order valence-electron chi connectivity index (χ4n) is 1.73. The lowest BCUT2D eigenvalue weighted by Crippen LogP contribution is -2.07. The Hall–Kier alpha value is -2.67. The van der Waals surface area contributed by atoms with Crippen LogP contribution in [0.2, 0.25) is 0 Å². The van der Waals surface area contributed by atoms with E-state index in [9.17, 15) is 0 Å². The van der Waals surface area contributed by atoms with E-state index in [-0.39, 0.29) is 6.61 Å². The molecule has 0 radical (unpaired) electrons. The van der Waals surface area contributed by atoms with Gasteiger partial charge in [-0.3, -0.25) is 0 Å². The monoisotopic (exact) mass is 268 g/mol. The van der Waals surface area contributed by atoms with Crippen molar-refractivity contribution in [3.63, 3.8) is 0 Å². The number of nitrogens with zero attached hydrogens (tertiary/aromatic N) is 6. The van der Waals surface area contributed by atoms with Crippen LogP contribution in [0.1, 0.15) is 11.3 Å². The molecule has 3 rings (SSSR count). The fraction of sp³-hybridized carbons (Fsp3) is 0.154. The van der Waals surface area contributed by atoms with E-state index in [4.69, 9.17) is 5.11 Å². The van der Waals surface area contributed by atoms with E-state index >= 15 is 0 Å². The van der Waals surface area contributed by atoms with Crippen LogP contribution in [-0.4, -0.2) is 35.3 Å². The lowest BCUT2D eigenvalue weighted by Gasteiger charge is -2.02. The normalized spacial score (nSPS) is 10.7. The summed E-state index contributed by atoms with van der Waals surface area (Å²) >= 11 is 0. The van der Waals surface area contributed by atoms with Crippen molar-refractivity contribution >= 4 is 0 Å². The number of hydrogen-bond acceptors (Lipinski definition) is 6. The molecule has 0 aliphatic carbocycles. The SMILES string of the molecule is Cc1nc(-n2nnc(-c3ccccc3)n2)ncc1CO. The summed E-state index contributed by atoms with van der Waals surface area (Å²) in [6.07, 6.45) is 1.56. The molecule has 2 heterocycles. The first kappa shape index (κ1) is 12.4. The molecule has 0 bridgehead atoms. The van der Waals surface area contributed by atoms with E-state index in [0.717, 1.165) is 5.56 Å². The zero-order valence-corrected chi connectivity index (χ0v) is 10.8. The molecule has 0 fully saturated rings. The Kier molecular flexibility index (Phi) is 3.18. The van der Waals surface area contributed by atoms with E-state index in [1.165, 1.54) is 4.80 Å². The predicted molar refractivity (Wildman–Crippen MR) is 70.8 cm³/mol. The zero-order valence-electron chi connectivity index (χ0n) is 10.8. The first-order valence-corrected chi connectivity index (χ1v) is 6.07. The maximum Gasteiger partial charge on any atom is 0.270 e. The Balaban J connectivity index is 1.96. The summed E-state index contributed by atoms with van der Waals surface area (Å²) in [5.74, 6) is 0.840. The maximum atomic E-state index is 9.10. The van der Waals surface area contributed by atoms with Gasteiger partial charge in [0.1, 0.15) is 0 Å². The molecule has 1 N–H and O–H groups in total. The molecule has 100 valence electrons. The van der Waals surface area contributed by atoms with Crippen molar-refractivity contribution in [2.45, 2.75) is 13.5 Å². The van der Waals surface area contributed by atoms with Gasteiger partial charge in [-0.2, -0.15) is 0 Å². The molecule has 0 amide bonds. The van der Waals surface area contributed by atoms with E-state index in [1.54, 1.807) is 13.1 Å². The van der Waals surface area contributed by atoms with Crippen molar-refractivity contribution in [1.29, 1.82) is 0 Å². The minimum atomic E-state index is -0.0911. The molecule has 0 saturated carbocycles. The fourth-order valence-corrected chi connectivity index (χ4v) is 1.73. The van der Waals surface area contributed by atoms with E-state index in [0.29, 0.717) is 23.0 Å². The smallest absolute Gasteiger partial charge is 0.270 e. The van der Waals surface area contributed by atoms with Crippen LogP contribution in [0.15, 0.2) is 36.5 Å². The highest BCUT2D eigenvalue weighted by atomic mass is 16.3. The standard InChI is InChI=1S/C13H12N6O/c1-9-11(8-20)7-14-13(15-9)19-17-12(16-18-19)10-5-3-2-4-6-10/h2-7,20H,8H2,1H3. The van der Waals surface area contributed by atoms with Crippen LogP contribution in [0.4, 0.5) is 0 Å². The predicted octanol–water partition coefficient (Wildman–Crippen LogP) is 0.920. The first-order valence-electron chi connectivity index (χ1n) is 6.07. The highest BCUT2D eigenvalue weighted by molar-refractivity contribution is 5.53. The number of aliphatic hydroxyl groups is 1. The van der Waals surface area contributed by atoms with Crippen molar-refractivity contribution in [3.05, 3.63) is 47.8 Å². The van der Waals surface area contributed by atoms with Crippen LogP contribution in [0.25, 0.3) is 17.3 Å². The molecule has 0 spiro atoms. The molecule has 7 nitrogen and oxygen atoms in total. The second-order valence-corrected chi connectivity index (χ2v) is 4.21. The van der Waals surface area contributed by atoms with Gasteiger partial charge in [-0.1, -0.05) is 35.1 Å². The van der Waals surface area contributed by atoms with Crippen LogP contribution in [0, 0.1) is 6.92 Å². The molecule has 20 heavy (non-hydrogen) atoms. The van der Waals surface area contributed by atoms with Gasteiger partial charge in [-0.25, -0.2) is 9.97 Å². The number of tetrazole rings is 1. The summed E-state index contributed by atoms with van der Waals surface area (Å²) in [5, 5.41) is 21.3. The average molecular weight is 268 g/mol. The van der Waals surface area contributed by atoms with Gasteiger partial charge >= 0.3 is 0 Å². The van der Waals surface area contributed by atoms with Crippen LogP contribution < -0.4 is 0 Å². The van der Waals surface area contributed by atoms with Gasteiger partial charge in [0.15, 0.2) is 0 Å². The molecule has 1 aromatic carbocycles. The number of aromatic nitrogens is 6. The molecular formula is C13H12N6O. The molecule has 7 heteroatoms. The Morgan fingerprint density at radius 2 is 2.00 bits per heavy atom. The third kappa shape index (κ3) is 2.26. The summed E-state index contributed by atoms with van der Waals surface area (Å²) in [4.78, 5) is 9.64. The minimum Gasteiger partial charge on any atom is -0.392 e. The Morgan fingerprint density at radius 1 is 1.20 bits per heavy atom. The molecule has 0 saturated heterocycles. The van der Waals surface area contributed by atoms with Crippen molar-refractivity contribution in [3.8, 4) is 17.3 Å². The van der Waals surface area contributed by atoms with Gasteiger partial charge in [-0.05, 0) is 12.1 Å². The molecule has 0 unspecified atom stereocenters. The number of hydrogen-bond donors (Lipinski definition) is 1. The van der Waals surface area contributed by atoms with Crippen molar-refractivity contribution < 1.29 is 5.11 Å². The van der Waals surface area contributed by atoms with Crippen LogP contribution in [0.5, 0.6) is 0 Å². The zero-order chi connectivity index (χ0) is 13.9. The first-order chi connectivity index (χ1) is 9.78. The van der Waals surface area contributed by atoms with Crippen LogP contribution in [-0.2, 0) is 6.61 Å². The van der Waals surface area contributed by atoms with Gasteiger partial charge < -0.3 is 5.11 Å². The van der Waals surface area contributed by atoms with Crippen molar-refractivity contribution in [2.75, 3.05) is 0 Å². The third-order valence-corrected chi connectivity index (χ3v) is 2.86. The van der Waals surface area contributed by atoms with Gasteiger partial charge in [0, 0.05) is 23.0 Å². The third-order valence-electron chi connectivity index (χ3n) is 2.86.